The number of hydrogen-bond donors (Lipinski definition) is 2. The highest BCUT2D eigenvalue weighted by atomic mass is 79.9. The van der Waals surface area contributed by atoms with Crippen LogP contribution in [0.2, 0.25) is 0 Å². The summed E-state index contributed by atoms with van der Waals surface area (Å²) in [4.78, 5) is 11.7. The van der Waals surface area contributed by atoms with E-state index in [9.17, 15) is 13.2 Å². The highest BCUT2D eigenvalue weighted by Gasteiger charge is 2.24. The second-order valence-corrected chi connectivity index (χ2v) is 7.66. The zero-order valence-electron chi connectivity index (χ0n) is 11.3. The summed E-state index contributed by atoms with van der Waals surface area (Å²) in [6, 6.07) is 2.37. The van der Waals surface area contributed by atoms with E-state index < -0.39 is 16.1 Å². The van der Waals surface area contributed by atoms with E-state index in [1.54, 1.807) is 13.0 Å². The number of halogens is 2. The van der Waals surface area contributed by atoms with E-state index >= 15 is 0 Å². The van der Waals surface area contributed by atoms with Gasteiger partial charge in [-0.25, -0.2) is 8.42 Å². The number of nitrogens with one attached hydrogen (secondary N) is 2. The molecule has 20 heavy (non-hydrogen) atoms. The van der Waals surface area contributed by atoms with Crippen LogP contribution in [0.25, 0.3) is 0 Å². The van der Waals surface area contributed by atoms with E-state index in [0.29, 0.717) is 15.5 Å². The van der Waals surface area contributed by atoms with Crippen LogP contribution in [0.1, 0.15) is 19.4 Å². The molecule has 0 saturated carbocycles. The van der Waals surface area contributed by atoms with Crippen molar-refractivity contribution in [1.29, 1.82) is 0 Å². The lowest BCUT2D eigenvalue weighted by Gasteiger charge is -2.15. The highest BCUT2D eigenvalue weighted by Crippen LogP contribution is 2.28. The topological polar surface area (TPSA) is 75.3 Å². The molecule has 0 aliphatic carbocycles. The number of benzene rings is 1. The average molecular weight is 428 g/mol. The van der Waals surface area contributed by atoms with Gasteiger partial charge in [0.15, 0.2) is 0 Å². The monoisotopic (exact) mass is 426 g/mol. The van der Waals surface area contributed by atoms with Crippen molar-refractivity contribution in [3.05, 3.63) is 26.6 Å². The largest absolute Gasteiger partial charge is 0.355 e. The molecule has 0 spiro atoms. The molecule has 1 amide bonds. The number of carbonyl (C=O) groups is 1. The summed E-state index contributed by atoms with van der Waals surface area (Å²) in [5.74, 6) is -0.363. The standard InChI is InChI=1S/C12H16Br2N2O3S/c1-4-15-12(17)8(3)16-20(18,19)11-6-9(13)7(2)5-10(11)14/h5-6,8,16H,4H2,1-3H3,(H,15,17). The van der Waals surface area contributed by atoms with E-state index in [1.807, 2.05) is 6.92 Å². The molecule has 1 aromatic carbocycles. The van der Waals surface area contributed by atoms with Gasteiger partial charge < -0.3 is 5.32 Å². The van der Waals surface area contributed by atoms with Gasteiger partial charge in [0.25, 0.3) is 0 Å². The third kappa shape index (κ3) is 4.28. The molecule has 0 saturated heterocycles. The van der Waals surface area contributed by atoms with Crippen LogP contribution in [0.15, 0.2) is 26.0 Å². The second kappa shape index (κ2) is 7.02. The fourth-order valence-electron chi connectivity index (χ4n) is 1.51. The number of hydrogen-bond acceptors (Lipinski definition) is 3. The van der Waals surface area contributed by atoms with Crippen molar-refractivity contribution in [2.24, 2.45) is 0 Å². The predicted molar refractivity (Wildman–Crippen MR) is 85.0 cm³/mol. The van der Waals surface area contributed by atoms with Gasteiger partial charge in [-0.15, -0.1) is 0 Å². The molecule has 8 heteroatoms. The Morgan fingerprint density at radius 2 is 1.90 bits per heavy atom. The minimum atomic E-state index is -3.78. The van der Waals surface area contributed by atoms with Crippen molar-refractivity contribution >= 4 is 47.8 Å². The zero-order valence-corrected chi connectivity index (χ0v) is 15.3. The van der Waals surface area contributed by atoms with Crippen LogP contribution in [0.3, 0.4) is 0 Å². The quantitative estimate of drug-likeness (QED) is 0.757. The summed E-state index contributed by atoms with van der Waals surface area (Å²) in [6.07, 6.45) is 0. The minimum absolute atomic E-state index is 0.0890. The van der Waals surface area contributed by atoms with Crippen LogP contribution in [0.5, 0.6) is 0 Å². The lowest BCUT2D eigenvalue weighted by molar-refractivity contribution is -0.122. The second-order valence-electron chi connectivity index (χ2n) is 4.27. The number of sulfonamides is 1. The Labute approximate surface area is 135 Å². The first-order valence-electron chi connectivity index (χ1n) is 5.94. The van der Waals surface area contributed by atoms with Gasteiger partial charge in [-0.2, -0.15) is 4.72 Å². The van der Waals surface area contributed by atoms with Crippen LogP contribution in [0.4, 0.5) is 0 Å². The fourth-order valence-corrected chi connectivity index (χ4v) is 4.39. The maximum absolute atomic E-state index is 12.3. The molecule has 0 radical (unpaired) electrons. The zero-order chi connectivity index (χ0) is 15.5. The van der Waals surface area contributed by atoms with Crippen LogP contribution < -0.4 is 10.0 Å². The summed E-state index contributed by atoms with van der Waals surface area (Å²) in [7, 11) is -3.78. The molecule has 1 unspecified atom stereocenters. The third-order valence-electron chi connectivity index (χ3n) is 2.58. The Morgan fingerprint density at radius 1 is 1.30 bits per heavy atom. The SMILES string of the molecule is CCNC(=O)C(C)NS(=O)(=O)c1cc(Br)c(C)cc1Br. The number of amides is 1. The van der Waals surface area contributed by atoms with Gasteiger partial charge in [-0.3, -0.25) is 4.79 Å². The number of likely N-dealkylation sites (N-methyl/N-ethyl adjacent to an activating group) is 1. The van der Waals surface area contributed by atoms with E-state index in [0.717, 1.165) is 5.56 Å². The third-order valence-corrected chi connectivity index (χ3v) is 5.93. The first-order valence-corrected chi connectivity index (χ1v) is 9.01. The normalized spacial score (nSPS) is 13.1. The van der Waals surface area contributed by atoms with Crippen LogP contribution in [-0.4, -0.2) is 26.9 Å². The maximum atomic E-state index is 12.3. The summed E-state index contributed by atoms with van der Waals surface area (Å²) >= 11 is 6.53. The molecule has 0 aliphatic heterocycles. The Kier molecular flexibility index (Phi) is 6.18. The smallest absolute Gasteiger partial charge is 0.242 e. The maximum Gasteiger partial charge on any atom is 0.242 e. The molecule has 5 nitrogen and oxygen atoms in total. The molecule has 0 heterocycles. The Bertz CT molecular complexity index is 617. The van der Waals surface area contributed by atoms with Crippen molar-refractivity contribution in [2.45, 2.75) is 31.7 Å². The van der Waals surface area contributed by atoms with Gasteiger partial charge >= 0.3 is 0 Å². The Morgan fingerprint density at radius 3 is 2.45 bits per heavy atom. The fraction of sp³-hybridized carbons (Fsp3) is 0.417. The van der Waals surface area contributed by atoms with Crippen LogP contribution in [-0.2, 0) is 14.8 Å². The van der Waals surface area contributed by atoms with E-state index in [-0.39, 0.29) is 10.8 Å². The van der Waals surface area contributed by atoms with Gasteiger partial charge in [0.2, 0.25) is 15.9 Å². The van der Waals surface area contributed by atoms with Gasteiger partial charge in [0.1, 0.15) is 0 Å². The molecule has 1 aromatic rings. The molecular weight excluding hydrogens is 412 g/mol. The average Bonchev–Trinajstić information content (AvgIpc) is 2.33. The summed E-state index contributed by atoms with van der Waals surface area (Å²) in [6.45, 7) is 5.58. The van der Waals surface area contributed by atoms with E-state index in [4.69, 9.17) is 0 Å². The van der Waals surface area contributed by atoms with Crippen molar-refractivity contribution < 1.29 is 13.2 Å². The molecule has 112 valence electrons. The summed E-state index contributed by atoms with van der Waals surface area (Å²) < 4.78 is 28.1. The number of carbonyl (C=O) groups excluding carboxylic acids is 1. The van der Waals surface area contributed by atoms with Crippen molar-refractivity contribution in [1.82, 2.24) is 10.0 Å². The van der Waals surface area contributed by atoms with Gasteiger partial charge in [0.05, 0.1) is 10.9 Å². The predicted octanol–water partition coefficient (Wildman–Crippen LogP) is 2.32. The number of aryl methyl sites for hydroxylation is 1. The summed E-state index contributed by atoms with van der Waals surface area (Å²) in [5.41, 5.74) is 0.910. The molecule has 1 atom stereocenters. The van der Waals surface area contributed by atoms with Gasteiger partial charge in [0, 0.05) is 15.5 Å². The highest BCUT2D eigenvalue weighted by molar-refractivity contribution is 9.11. The first-order chi connectivity index (χ1) is 9.19. The molecule has 0 aliphatic rings. The molecule has 1 rings (SSSR count). The van der Waals surface area contributed by atoms with Crippen LogP contribution >= 0.6 is 31.9 Å². The van der Waals surface area contributed by atoms with Crippen LogP contribution in [0, 0.1) is 6.92 Å². The molecular formula is C12H16Br2N2O3S. The van der Waals surface area contributed by atoms with Crippen molar-refractivity contribution in [2.75, 3.05) is 6.54 Å². The molecule has 2 N–H and O–H groups in total. The van der Waals surface area contributed by atoms with Gasteiger partial charge in [-0.05, 0) is 54.4 Å². The van der Waals surface area contributed by atoms with E-state index in [1.165, 1.54) is 13.0 Å². The van der Waals surface area contributed by atoms with Gasteiger partial charge in [-0.1, -0.05) is 15.9 Å². The number of rotatable bonds is 5. The van der Waals surface area contributed by atoms with Crippen molar-refractivity contribution in [3.63, 3.8) is 0 Å². The first kappa shape index (κ1) is 17.6. The van der Waals surface area contributed by atoms with Crippen molar-refractivity contribution in [3.8, 4) is 0 Å². The Balaban J connectivity index is 3.06. The molecule has 0 bridgehead atoms. The lowest BCUT2D eigenvalue weighted by Crippen LogP contribution is -2.44. The molecule has 0 aromatic heterocycles. The Hall–Kier alpha value is -0.440. The lowest BCUT2D eigenvalue weighted by atomic mass is 10.2. The minimum Gasteiger partial charge on any atom is -0.355 e. The molecule has 0 fully saturated rings. The summed E-state index contributed by atoms with van der Waals surface area (Å²) in [5, 5.41) is 2.57. The van der Waals surface area contributed by atoms with E-state index in [2.05, 4.69) is 41.9 Å².